The van der Waals surface area contributed by atoms with Gasteiger partial charge in [0.2, 0.25) is 0 Å². The maximum absolute atomic E-state index is 10.1. The molecule has 2 aliphatic rings. The predicted molar refractivity (Wildman–Crippen MR) is 171 cm³/mol. The fourth-order valence-electron chi connectivity index (χ4n) is 6.10. The highest BCUT2D eigenvalue weighted by atomic mass is 16.6. The molecule has 218 valence electrons. The van der Waals surface area contributed by atoms with Crippen molar-refractivity contribution in [2.45, 2.75) is 39.3 Å². The lowest BCUT2D eigenvalue weighted by atomic mass is 9.95. The first-order chi connectivity index (χ1) is 21.0. The zero-order chi connectivity index (χ0) is 29.8. The Morgan fingerprint density at radius 3 is 2.65 bits per heavy atom. The van der Waals surface area contributed by atoms with Crippen LogP contribution < -0.4 is 19.1 Å². The van der Waals surface area contributed by atoms with Gasteiger partial charge in [-0.15, -0.1) is 0 Å². The molecule has 1 N–H and O–H groups in total. The third-order valence-electron chi connectivity index (χ3n) is 8.30. The highest BCUT2D eigenvalue weighted by molar-refractivity contribution is 5.80. The first-order valence-corrected chi connectivity index (χ1v) is 14.9. The van der Waals surface area contributed by atoms with Gasteiger partial charge in [0.05, 0.1) is 30.0 Å². The lowest BCUT2D eigenvalue weighted by molar-refractivity contribution is 0.171. The number of hydrogen-bond acceptors (Lipinski definition) is 6. The summed E-state index contributed by atoms with van der Waals surface area (Å²) in [7, 11) is 0. The average Bonchev–Trinajstić information content (AvgIpc) is 3.51. The van der Waals surface area contributed by atoms with Gasteiger partial charge in [0.15, 0.2) is 11.5 Å². The maximum atomic E-state index is 10.1. The Kier molecular flexibility index (Phi) is 8.35. The minimum absolute atomic E-state index is 0.0790. The van der Waals surface area contributed by atoms with Gasteiger partial charge in [0, 0.05) is 6.54 Å². The van der Waals surface area contributed by atoms with E-state index in [-0.39, 0.29) is 12.6 Å². The highest BCUT2D eigenvalue weighted by Gasteiger charge is 2.28. The van der Waals surface area contributed by atoms with E-state index in [0.717, 1.165) is 75.7 Å². The predicted octanol–water partition coefficient (Wildman–Crippen LogP) is 7.32. The van der Waals surface area contributed by atoms with E-state index in [2.05, 4.69) is 79.4 Å². The van der Waals surface area contributed by atoms with E-state index >= 15 is 0 Å². The van der Waals surface area contributed by atoms with Crippen LogP contribution in [0.1, 0.15) is 46.2 Å². The molecule has 0 saturated carbocycles. The molecule has 4 aromatic rings. The molecule has 0 unspecified atom stereocenters. The largest absolute Gasteiger partial charge is 0.487 e. The molecule has 43 heavy (non-hydrogen) atoms. The van der Waals surface area contributed by atoms with Crippen LogP contribution in [0.5, 0.6) is 17.2 Å². The Morgan fingerprint density at radius 2 is 1.81 bits per heavy atom. The maximum Gasteiger partial charge on any atom is 0.161 e. The molecular formula is C37H36N2O4. The smallest absolute Gasteiger partial charge is 0.161 e. The Balaban J connectivity index is 1.31. The molecule has 1 fully saturated rings. The zero-order valence-corrected chi connectivity index (χ0v) is 24.7. The van der Waals surface area contributed by atoms with Crippen LogP contribution in [0.15, 0.2) is 72.8 Å². The Hall–Kier alpha value is -4.73. The third-order valence-corrected chi connectivity index (χ3v) is 8.30. The number of benzene rings is 4. The molecule has 6 rings (SSSR count). The van der Waals surface area contributed by atoms with Gasteiger partial charge in [0.25, 0.3) is 0 Å². The lowest BCUT2D eigenvalue weighted by Crippen LogP contribution is -2.33. The molecule has 4 aromatic carbocycles. The summed E-state index contributed by atoms with van der Waals surface area (Å²) in [5.74, 6) is 2.36. The van der Waals surface area contributed by atoms with Gasteiger partial charge < -0.3 is 24.2 Å². The summed E-state index contributed by atoms with van der Waals surface area (Å²) >= 11 is 0. The number of aryl methyl sites for hydroxylation is 1. The molecule has 0 bridgehead atoms. The van der Waals surface area contributed by atoms with Crippen molar-refractivity contribution >= 4 is 17.8 Å². The van der Waals surface area contributed by atoms with Crippen molar-refractivity contribution in [3.8, 4) is 34.4 Å². The Morgan fingerprint density at radius 1 is 0.977 bits per heavy atom. The van der Waals surface area contributed by atoms with E-state index in [4.69, 9.17) is 14.2 Å². The summed E-state index contributed by atoms with van der Waals surface area (Å²) in [6, 6.07) is 26.5. The van der Waals surface area contributed by atoms with Gasteiger partial charge in [-0.3, -0.25) is 0 Å². The fourth-order valence-corrected chi connectivity index (χ4v) is 6.10. The summed E-state index contributed by atoms with van der Waals surface area (Å²) in [4.78, 5) is 2.28. The first kappa shape index (κ1) is 28.4. The minimum Gasteiger partial charge on any atom is -0.487 e. The standard InChI is InChI=1S/C37H36N2O4/c1-25-18-27(11-12-30-8-4-10-33(26(30)2)31-13-14-34-35(21-31)42-17-16-41-34)20-36(37(25)39-15-5-9-32(39)23-40)43-24-29-7-3-6-28(19-29)22-38/h3-4,6-8,10-14,18-21,32,40H,5,9,15-17,23-24H2,1-2H3/b12-11+/t32-/m0/s1. The fraction of sp³-hybridized carbons (Fsp3) is 0.270. The molecule has 0 aliphatic carbocycles. The Labute approximate surface area is 253 Å². The lowest BCUT2D eigenvalue weighted by Gasteiger charge is -2.29. The summed E-state index contributed by atoms with van der Waals surface area (Å²) < 4.78 is 18.0. The van der Waals surface area contributed by atoms with Crippen LogP contribution in [0.25, 0.3) is 23.3 Å². The van der Waals surface area contributed by atoms with Crippen LogP contribution in [0.2, 0.25) is 0 Å². The van der Waals surface area contributed by atoms with Gasteiger partial charge in [-0.05, 0) is 102 Å². The second-order valence-electron chi connectivity index (χ2n) is 11.2. The Bertz CT molecular complexity index is 1700. The normalized spacial score (nSPS) is 16.0. The van der Waals surface area contributed by atoms with Crippen LogP contribution in [0, 0.1) is 25.2 Å². The number of ether oxygens (including phenoxy) is 3. The van der Waals surface area contributed by atoms with Gasteiger partial charge in [-0.2, -0.15) is 5.26 Å². The first-order valence-electron chi connectivity index (χ1n) is 14.9. The van der Waals surface area contributed by atoms with Crippen molar-refractivity contribution in [3.05, 3.63) is 106 Å². The molecule has 2 heterocycles. The number of rotatable bonds is 8. The van der Waals surface area contributed by atoms with E-state index in [1.165, 1.54) is 5.56 Å². The molecule has 6 heteroatoms. The van der Waals surface area contributed by atoms with Crippen molar-refractivity contribution in [2.24, 2.45) is 0 Å². The van der Waals surface area contributed by atoms with Gasteiger partial charge in [-0.25, -0.2) is 0 Å². The molecule has 0 amide bonds. The number of nitrogens with zero attached hydrogens (tertiary/aromatic N) is 2. The molecule has 1 saturated heterocycles. The minimum atomic E-state index is 0.0790. The molecule has 0 aromatic heterocycles. The van der Waals surface area contributed by atoms with Gasteiger partial charge >= 0.3 is 0 Å². The number of nitriles is 1. The van der Waals surface area contributed by atoms with E-state index in [9.17, 15) is 10.4 Å². The van der Waals surface area contributed by atoms with Crippen LogP contribution in [-0.4, -0.2) is 37.5 Å². The molecule has 1 atom stereocenters. The highest BCUT2D eigenvalue weighted by Crippen LogP contribution is 2.39. The molecule has 2 aliphatic heterocycles. The van der Waals surface area contributed by atoms with E-state index in [0.29, 0.717) is 25.4 Å². The summed E-state index contributed by atoms with van der Waals surface area (Å²) in [6.45, 7) is 6.74. The molecule has 0 spiro atoms. The van der Waals surface area contributed by atoms with Crippen LogP contribution in [0.4, 0.5) is 5.69 Å². The second kappa shape index (κ2) is 12.6. The number of aliphatic hydroxyl groups is 1. The van der Waals surface area contributed by atoms with Crippen molar-refractivity contribution in [2.75, 3.05) is 31.3 Å². The summed E-state index contributed by atoms with van der Waals surface area (Å²) in [6.07, 6.45) is 6.27. The zero-order valence-electron chi connectivity index (χ0n) is 24.7. The van der Waals surface area contributed by atoms with Gasteiger partial charge in [0.1, 0.15) is 25.6 Å². The van der Waals surface area contributed by atoms with Crippen LogP contribution in [-0.2, 0) is 6.61 Å². The van der Waals surface area contributed by atoms with E-state index in [1.807, 2.05) is 24.3 Å². The number of fused-ring (bicyclic) bond motifs is 1. The summed E-state index contributed by atoms with van der Waals surface area (Å²) in [5.41, 5.74) is 9.28. The van der Waals surface area contributed by atoms with Gasteiger partial charge in [-0.1, -0.05) is 48.6 Å². The number of aliphatic hydroxyl groups excluding tert-OH is 1. The average molecular weight is 573 g/mol. The van der Waals surface area contributed by atoms with Crippen molar-refractivity contribution in [1.82, 2.24) is 0 Å². The summed E-state index contributed by atoms with van der Waals surface area (Å²) in [5, 5.41) is 19.4. The van der Waals surface area contributed by atoms with E-state index < -0.39 is 0 Å². The van der Waals surface area contributed by atoms with Crippen LogP contribution >= 0.6 is 0 Å². The molecular weight excluding hydrogens is 536 g/mol. The van der Waals surface area contributed by atoms with Crippen molar-refractivity contribution < 1.29 is 19.3 Å². The SMILES string of the molecule is Cc1cc(/C=C/c2cccc(-c3ccc4c(c3)OCCO4)c2C)cc(OCc2cccc(C#N)c2)c1N1CCC[C@H]1CO. The monoisotopic (exact) mass is 572 g/mol. The van der Waals surface area contributed by atoms with E-state index in [1.54, 1.807) is 6.07 Å². The van der Waals surface area contributed by atoms with Crippen molar-refractivity contribution in [1.29, 1.82) is 5.26 Å². The third kappa shape index (κ3) is 6.09. The molecule has 6 nitrogen and oxygen atoms in total. The number of anilines is 1. The van der Waals surface area contributed by atoms with Crippen LogP contribution in [0.3, 0.4) is 0 Å². The number of hydrogen-bond donors (Lipinski definition) is 1. The quantitative estimate of drug-likeness (QED) is 0.223. The topological polar surface area (TPSA) is 75.0 Å². The second-order valence-corrected chi connectivity index (χ2v) is 11.2. The van der Waals surface area contributed by atoms with Crippen molar-refractivity contribution in [3.63, 3.8) is 0 Å². The molecule has 0 radical (unpaired) electrons.